The highest BCUT2D eigenvalue weighted by Crippen LogP contribution is 2.29. The zero-order valence-electron chi connectivity index (χ0n) is 15.2. The van der Waals surface area contributed by atoms with Crippen molar-refractivity contribution in [2.45, 2.75) is 0 Å². The van der Waals surface area contributed by atoms with Crippen LogP contribution in [0.3, 0.4) is 0 Å². The third-order valence-electron chi connectivity index (χ3n) is 4.42. The number of ether oxygens (including phenoxy) is 1. The van der Waals surface area contributed by atoms with Gasteiger partial charge in [-0.05, 0) is 48.0 Å². The van der Waals surface area contributed by atoms with E-state index in [1.54, 1.807) is 42.4 Å². The van der Waals surface area contributed by atoms with Crippen LogP contribution in [0.2, 0.25) is 0 Å². The molecule has 0 bridgehead atoms. The van der Waals surface area contributed by atoms with Gasteiger partial charge >= 0.3 is 0 Å². The number of phenolic OH excluding ortho intramolecular Hbond substituents is 1. The molecule has 0 atom stereocenters. The summed E-state index contributed by atoms with van der Waals surface area (Å²) in [4.78, 5) is 19.3. The fraction of sp³-hybridized carbons (Fsp3) is 0.0435. The van der Waals surface area contributed by atoms with Gasteiger partial charge < -0.3 is 9.84 Å². The fourth-order valence-corrected chi connectivity index (χ4v) is 3.00. The van der Waals surface area contributed by atoms with Crippen molar-refractivity contribution in [1.82, 2.24) is 0 Å². The number of hydrogen-bond acceptors (Lipinski definition) is 4. The lowest BCUT2D eigenvalue weighted by Crippen LogP contribution is -2.32. The predicted octanol–water partition coefficient (Wildman–Crippen LogP) is 4.24. The minimum absolute atomic E-state index is 0.141. The monoisotopic (exact) mass is 370 g/mol. The number of aromatic hydroxyl groups is 1. The zero-order chi connectivity index (χ0) is 19.5. The Balaban J connectivity index is 1.78. The van der Waals surface area contributed by atoms with Gasteiger partial charge in [0.25, 0.3) is 5.91 Å². The van der Waals surface area contributed by atoms with Crippen molar-refractivity contribution in [2.24, 2.45) is 4.99 Å². The largest absolute Gasteiger partial charge is 0.508 e. The maximum Gasteiger partial charge on any atom is 0.282 e. The van der Waals surface area contributed by atoms with E-state index >= 15 is 0 Å². The number of carbonyl (C=O) groups is 1. The number of aliphatic imine (C=N–C) groups is 1. The van der Waals surface area contributed by atoms with Crippen LogP contribution in [-0.4, -0.2) is 24.0 Å². The first kappa shape index (κ1) is 17.5. The van der Waals surface area contributed by atoms with Gasteiger partial charge in [0.15, 0.2) is 0 Å². The average Bonchev–Trinajstić information content (AvgIpc) is 3.06. The number of phenols is 1. The first-order chi connectivity index (χ1) is 13.7. The van der Waals surface area contributed by atoms with Crippen molar-refractivity contribution in [1.29, 1.82) is 0 Å². The van der Waals surface area contributed by atoms with Crippen molar-refractivity contribution < 1.29 is 14.6 Å². The smallest absolute Gasteiger partial charge is 0.282 e. The summed E-state index contributed by atoms with van der Waals surface area (Å²) < 4.78 is 5.18. The van der Waals surface area contributed by atoms with Crippen molar-refractivity contribution in [3.8, 4) is 11.5 Å². The molecule has 0 fully saturated rings. The molecule has 3 aromatic rings. The van der Waals surface area contributed by atoms with Crippen LogP contribution in [0.15, 0.2) is 89.6 Å². The Morgan fingerprint density at radius 2 is 1.61 bits per heavy atom. The van der Waals surface area contributed by atoms with E-state index in [0.717, 1.165) is 16.9 Å². The number of methoxy groups -OCH3 is 1. The van der Waals surface area contributed by atoms with Crippen LogP contribution < -0.4 is 9.64 Å². The molecule has 1 N–H and O–H groups in total. The number of amidine groups is 1. The van der Waals surface area contributed by atoms with Gasteiger partial charge in [0.1, 0.15) is 23.0 Å². The highest BCUT2D eigenvalue weighted by molar-refractivity contribution is 6.33. The number of anilines is 1. The Bertz CT molecular complexity index is 1050. The first-order valence-electron chi connectivity index (χ1n) is 8.79. The Kier molecular flexibility index (Phi) is 4.64. The van der Waals surface area contributed by atoms with E-state index in [-0.39, 0.29) is 11.7 Å². The SMILES string of the molecule is COc1ccc(/C=C2\N=C(c3ccccc3)N(c3ccc(O)cc3)C2=O)cc1. The summed E-state index contributed by atoms with van der Waals surface area (Å²) in [5.41, 5.74) is 2.68. The van der Waals surface area contributed by atoms with E-state index < -0.39 is 0 Å². The van der Waals surface area contributed by atoms with Crippen molar-refractivity contribution in [2.75, 3.05) is 12.0 Å². The Morgan fingerprint density at radius 1 is 0.929 bits per heavy atom. The Morgan fingerprint density at radius 3 is 2.25 bits per heavy atom. The summed E-state index contributed by atoms with van der Waals surface area (Å²) in [5, 5.41) is 9.58. The highest BCUT2D eigenvalue weighted by Gasteiger charge is 2.32. The van der Waals surface area contributed by atoms with Crippen molar-refractivity contribution in [3.63, 3.8) is 0 Å². The Hall–Kier alpha value is -3.86. The second-order valence-corrected chi connectivity index (χ2v) is 6.26. The van der Waals surface area contributed by atoms with E-state index in [9.17, 15) is 9.90 Å². The molecule has 0 saturated carbocycles. The molecule has 0 spiro atoms. The topological polar surface area (TPSA) is 62.1 Å². The lowest BCUT2D eigenvalue weighted by Gasteiger charge is -2.18. The zero-order valence-corrected chi connectivity index (χ0v) is 15.2. The van der Waals surface area contributed by atoms with Gasteiger partial charge in [-0.15, -0.1) is 0 Å². The minimum Gasteiger partial charge on any atom is -0.508 e. The lowest BCUT2D eigenvalue weighted by molar-refractivity contribution is -0.113. The first-order valence-corrected chi connectivity index (χ1v) is 8.79. The van der Waals surface area contributed by atoms with Crippen LogP contribution in [0.5, 0.6) is 11.5 Å². The van der Waals surface area contributed by atoms with Gasteiger partial charge in [-0.2, -0.15) is 0 Å². The lowest BCUT2D eigenvalue weighted by atomic mass is 10.1. The molecule has 1 amide bonds. The second kappa shape index (κ2) is 7.40. The summed E-state index contributed by atoms with van der Waals surface area (Å²) in [6, 6.07) is 23.5. The summed E-state index contributed by atoms with van der Waals surface area (Å²) in [6.07, 6.45) is 1.76. The molecule has 3 aromatic carbocycles. The average molecular weight is 370 g/mol. The van der Waals surface area contributed by atoms with Crippen LogP contribution in [0.1, 0.15) is 11.1 Å². The van der Waals surface area contributed by atoms with Crippen LogP contribution in [0, 0.1) is 0 Å². The molecule has 28 heavy (non-hydrogen) atoms. The molecular formula is C23H18N2O3. The minimum atomic E-state index is -0.222. The molecule has 138 valence electrons. The second-order valence-electron chi connectivity index (χ2n) is 6.26. The number of amides is 1. The van der Waals surface area contributed by atoms with E-state index in [2.05, 4.69) is 4.99 Å². The molecule has 0 saturated heterocycles. The molecule has 1 heterocycles. The molecule has 5 nitrogen and oxygen atoms in total. The number of nitrogens with zero attached hydrogens (tertiary/aromatic N) is 2. The molecule has 0 unspecified atom stereocenters. The summed E-state index contributed by atoms with van der Waals surface area (Å²) in [5.74, 6) is 1.22. The standard InChI is InChI=1S/C23H18N2O3/c1-28-20-13-7-16(8-14-20)15-21-23(27)25(18-9-11-19(26)12-10-18)22(24-21)17-5-3-2-4-6-17/h2-15,26H,1H3/b21-15-. The van der Waals surface area contributed by atoms with Crippen LogP contribution in [0.4, 0.5) is 5.69 Å². The van der Waals surface area contributed by atoms with Gasteiger partial charge in [-0.1, -0.05) is 42.5 Å². The number of carbonyl (C=O) groups excluding carboxylic acids is 1. The van der Waals surface area contributed by atoms with Gasteiger partial charge in [0.2, 0.25) is 0 Å². The molecule has 1 aliphatic heterocycles. The van der Waals surface area contributed by atoms with E-state index in [1.807, 2.05) is 54.6 Å². The van der Waals surface area contributed by atoms with Crippen molar-refractivity contribution >= 4 is 23.5 Å². The molecule has 4 rings (SSSR count). The van der Waals surface area contributed by atoms with Crippen LogP contribution in [0.25, 0.3) is 6.08 Å². The van der Waals surface area contributed by atoms with Crippen LogP contribution >= 0.6 is 0 Å². The molecule has 0 radical (unpaired) electrons. The van der Waals surface area contributed by atoms with E-state index in [0.29, 0.717) is 17.2 Å². The molecule has 0 aromatic heterocycles. The molecular weight excluding hydrogens is 352 g/mol. The van der Waals surface area contributed by atoms with E-state index in [4.69, 9.17) is 4.74 Å². The number of benzene rings is 3. The molecule has 0 aliphatic carbocycles. The van der Waals surface area contributed by atoms with Crippen molar-refractivity contribution in [3.05, 3.63) is 95.7 Å². The Labute approximate surface area is 162 Å². The van der Waals surface area contributed by atoms with E-state index in [1.165, 1.54) is 0 Å². The van der Waals surface area contributed by atoms with Gasteiger partial charge in [-0.3, -0.25) is 9.69 Å². The third-order valence-corrected chi connectivity index (χ3v) is 4.42. The van der Waals surface area contributed by atoms with Gasteiger partial charge in [0.05, 0.1) is 12.8 Å². The maximum absolute atomic E-state index is 13.2. The van der Waals surface area contributed by atoms with Crippen LogP contribution in [-0.2, 0) is 4.79 Å². The van der Waals surface area contributed by atoms with Gasteiger partial charge in [0, 0.05) is 5.56 Å². The normalized spacial score (nSPS) is 15.0. The van der Waals surface area contributed by atoms with Gasteiger partial charge in [-0.25, -0.2) is 4.99 Å². The quantitative estimate of drug-likeness (QED) is 0.699. The molecule has 1 aliphatic rings. The third kappa shape index (κ3) is 3.38. The number of rotatable bonds is 4. The summed E-state index contributed by atoms with van der Waals surface area (Å²) >= 11 is 0. The summed E-state index contributed by atoms with van der Waals surface area (Å²) in [7, 11) is 1.61. The highest BCUT2D eigenvalue weighted by atomic mass is 16.5. The predicted molar refractivity (Wildman–Crippen MR) is 110 cm³/mol. The fourth-order valence-electron chi connectivity index (χ4n) is 3.00. The maximum atomic E-state index is 13.2. The number of hydrogen-bond donors (Lipinski definition) is 1. The summed E-state index contributed by atoms with van der Waals surface area (Å²) in [6.45, 7) is 0. The molecule has 5 heteroatoms.